The van der Waals surface area contributed by atoms with Gasteiger partial charge in [0.2, 0.25) is 0 Å². The molecule has 8 nitrogen and oxygen atoms in total. The van der Waals surface area contributed by atoms with Crippen LogP contribution >= 0.6 is 11.6 Å². The van der Waals surface area contributed by atoms with Gasteiger partial charge in [-0.1, -0.05) is 50.1 Å². The number of ether oxygens (including phenoxy) is 2. The molecule has 212 valence electrons. The summed E-state index contributed by atoms with van der Waals surface area (Å²) in [5.41, 5.74) is 2.95. The zero-order valence-electron chi connectivity index (χ0n) is 23.7. The average molecular weight is 575 g/mol. The van der Waals surface area contributed by atoms with E-state index >= 15 is 0 Å². The van der Waals surface area contributed by atoms with Crippen LogP contribution in [-0.2, 0) is 19.7 Å². The number of hydrogen-bond donors (Lipinski definition) is 1. The molecule has 0 radical (unpaired) electrons. The lowest BCUT2D eigenvalue weighted by Gasteiger charge is -2.22. The van der Waals surface area contributed by atoms with Crippen LogP contribution in [0, 0.1) is 6.92 Å². The Morgan fingerprint density at radius 1 is 0.854 bits per heavy atom. The number of hydrogen-bond acceptors (Lipinski definition) is 7. The molecule has 0 unspecified atom stereocenters. The SMILES string of the molecule is Cc1ccc(OC(=O)c2ccc(NC3=C(Cl)C(=O)N(c4ccc(C(=O)OC(C)C)cc4)C3=O)cc2)c(C(C)(C)C)c1. The molecule has 1 N–H and O–H groups in total. The molecule has 0 saturated carbocycles. The number of benzene rings is 3. The lowest BCUT2D eigenvalue weighted by molar-refractivity contribution is -0.120. The Morgan fingerprint density at radius 3 is 2.02 bits per heavy atom. The molecule has 0 aromatic heterocycles. The van der Waals surface area contributed by atoms with Crippen LogP contribution in [0.15, 0.2) is 77.5 Å². The molecule has 4 rings (SSSR count). The number of imide groups is 1. The summed E-state index contributed by atoms with van der Waals surface area (Å²) < 4.78 is 10.9. The van der Waals surface area contributed by atoms with E-state index in [9.17, 15) is 19.2 Å². The minimum atomic E-state index is -0.704. The second-order valence-corrected chi connectivity index (χ2v) is 11.4. The van der Waals surface area contributed by atoms with Crippen molar-refractivity contribution in [3.8, 4) is 5.75 Å². The Hall–Kier alpha value is -4.43. The Bertz CT molecular complexity index is 1550. The molecular weight excluding hydrogens is 544 g/mol. The van der Waals surface area contributed by atoms with Crippen LogP contribution in [0.5, 0.6) is 5.75 Å². The molecule has 1 heterocycles. The first kappa shape index (κ1) is 29.6. The highest BCUT2D eigenvalue weighted by atomic mass is 35.5. The van der Waals surface area contributed by atoms with Gasteiger partial charge in [0, 0.05) is 11.3 Å². The summed E-state index contributed by atoms with van der Waals surface area (Å²) in [5.74, 6) is -1.90. The minimum Gasteiger partial charge on any atom is -0.459 e. The summed E-state index contributed by atoms with van der Waals surface area (Å²) in [6.45, 7) is 11.6. The largest absolute Gasteiger partial charge is 0.459 e. The summed E-state index contributed by atoms with van der Waals surface area (Å²) in [6.07, 6.45) is -0.283. The second kappa shape index (κ2) is 11.6. The first-order valence-corrected chi connectivity index (χ1v) is 13.4. The van der Waals surface area contributed by atoms with Gasteiger partial charge >= 0.3 is 11.9 Å². The van der Waals surface area contributed by atoms with Crippen molar-refractivity contribution in [2.75, 3.05) is 10.2 Å². The van der Waals surface area contributed by atoms with E-state index in [4.69, 9.17) is 21.1 Å². The van der Waals surface area contributed by atoms with E-state index in [1.54, 1.807) is 44.2 Å². The molecule has 41 heavy (non-hydrogen) atoms. The molecule has 3 aromatic carbocycles. The fourth-order valence-corrected chi connectivity index (χ4v) is 4.40. The van der Waals surface area contributed by atoms with E-state index in [2.05, 4.69) is 26.1 Å². The molecule has 0 saturated heterocycles. The van der Waals surface area contributed by atoms with Crippen LogP contribution in [0.3, 0.4) is 0 Å². The molecule has 3 aromatic rings. The maximum Gasteiger partial charge on any atom is 0.343 e. The number of carbonyl (C=O) groups excluding carboxylic acids is 4. The van der Waals surface area contributed by atoms with Crippen molar-refractivity contribution in [1.29, 1.82) is 0 Å². The van der Waals surface area contributed by atoms with Gasteiger partial charge in [-0.05, 0) is 80.8 Å². The minimum absolute atomic E-state index is 0.107. The van der Waals surface area contributed by atoms with Crippen molar-refractivity contribution in [3.05, 3.63) is 99.7 Å². The maximum atomic E-state index is 13.1. The van der Waals surface area contributed by atoms with Crippen LogP contribution in [-0.4, -0.2) is 29.9 Å². The van der Waals surface area contributed by atoms with E-state index in [-0.39, 0.29) is 33.5 Å². The summed E-state index contributed by atoms with van der Waals surface area (Å²) >= 11 is 6.25. The molecular formula is C32H31ClN2O6. The van der Waals surface area contributed by atoms with E-state index in [0.29, 0.717) is 17.0 Å². The van der Waals surface area contributed by atoms with Gasteiger partial charge in [-0.2, -0.15) is 0 Å². The predicted octanol–water partition coefficient (Wildman–Crippen LogP) is 6.51. The van der Waals surface area contributed by atoms with Gasteiger partial charge in [-0.25, -0.2) is 14.5 Å². The van der Waals surface area contributed by atoms with Gasteiger partial charge in [0.15, 0.2) is 0 Å². The Balaban J connectivity index is 1.46. The Labute approximate surface area is 243 Å². The Kier molecular flexibility index (Phi) is 8.35. The summed E-state index contributed by atoms with van der Waals surface area (Å²) in [4.78, 5) is 51.9. The summed E-state index contributed by atoms with van der Waals surface area (Å²) in [7, 11) is 0. The molecule has 1 aliphatic heterocycles. The van der Waals surface area contributed by atoms with Crippen LogP contribution in [0.25, 0.3) is 0 Å². The third-order valence-corrected chi connectivity index (χ3v) is 6.62. The second-order valence-electron chi connectivity index (χ2n) is 11.0. The van der Waals surface area contributed by atoms with Crippen molar-refractivity contribution in [2.45, 2.75) is 53.1 Å². The van der Waals surface area contributed by atoms with Gasteiger partial charge in [0.1, 0.15) is 16.5 Å². The highest BCUT2D eigenvalue weighted by Crippen LogP contribution is 2.33. The number of aryl methyl sites for hydroxylation is 1. The zero-order chi connectivity index (χ0) is 30.1. The maximum absolute atomic E-state index is 13.1. The quantitative estimate of drug-likeness (QED) is 0.195. The third-order valence-electron chi connectivity index (χ3n) is 6.27. The van der Waals surface area contributed by atoms with E-state index in [1.807, 2.05) is 19.1 Å². The van der Waals surface area contributed by atoms with Crippen molar-refractivity contribution < 1.29 is 28.7 Å². The average Bonchev–Trinajstić information content (AvgIpc) is 3.12. The van der Waals surface area contributed by atoms with E-state index < -0.39 is 23.8 Å². The molecule has 0 atom stereocenters. The van der Waals surface area contributed by atoms with Gasteiger partial charge in [-0.15, -0.1) is 0 Å². The molecule has 0 fully saturated rings. The monoisotopic (exact) mass is 574 g/mol. The number of rotatable bonds is 7. The van der Waals surface area contributed by atoms with Crippen LogP contribution in [0.2, 0.25) is 0 Å². The molecule has 1 aliphatic rings. The Morgan fingerprint density at radius 2 is 1.44 bits per heavy atom. The van der Waals surface area contributed by atoms with Crippen molar-refractivity contribution in [1.82, 2.24) is 0 Å². The topological polar surface area (TPSA) is 102 Å². The van der Waals surface area contributed by atoms with Gasteiger partial charge in [-0.3, -0.25) is 9.59 Å². The highest BCUT2D eigenvalue weighted by molar-refractivity contribution is 6.53. The standard InChI is InChI=1S/C32H31ClN2O6/c1-18(2)40-30(38)21-10-14-23(15-11-21)35-28(36)26(33)27(29(35)37)34-22-12-8-20(9-13-22)31(39)41-25-16-7-19(3)17-24(25)32(4,5)6/h7-18,34H,1-6H3. The molecule has 9 heteroatoms. The normalized spacial score (nSPS) is 13.6. The van der Waals surface area contributed by atoms with Crippen LogP contribution < -0.4 is 15.0 Å². The molecule has 2 amide bonds. The summed E-state index contributed by atoms with van der Waals surface area (Å²) in [6, 6.07) is 17.8. The van der Waals surface area contributed by atoms with Crippen LogP contribution in [0.1, 0.15) is 66.5 Å². The van der Waals surface area contributed by atoms with Crippen molar-refractivity contribution in [2.24, 2.45) is 0 Å². The highest BCUT2D eigenvalue weighted by Gasteiger charge is 2.39. The van der Waals surface area contributed by atoms with Crippen molar-refractivity contribution >= 4 is 46.7 Å². The fourth-order valence-electron chi connectivity index (χ4n) is 4.19. The number of nitrogens with one attached hydrogen (secondary N) is 1. The lowest BCUT2D eigenvalue weighted by Crippen LogP contribution is -2.32. The smallest absolute Gasteiger partial charge is 0.343 e. The van der Waals surface area contributed by atoms with Crippen LogP contribution in [0.4, 0.5) is 11.4 Å². The molecule has 0 bridgehead atoms. The van der Waals surface area contributed by atoms with Gasteiger partial charge < -0.3 is 14.8 Å². The van der Waals surface area contributed by atoms with Gasteiger partial charge in [0.05, 0.1) is 22.9 Å². The number of anilines is 2. The first-order valence-electron chi connectivity index (χ1n) is 13.1. The summed E-state index contributed by atoms with van der Waals surface area (Å²) in [5, 5.41) is 2.60. The number of halogens is 1. The fraction of sp³-hybridized carbons (Fsp3) is 0.250. The number of amides is 2. The molecule has 0 spiro atoms. The van der Waals surface area contributed by atoms with E-state index in [0.717, 1.165) is 16.0 Å². The van der Waals surface area contributed by atoms with E-state index in [1.165, 1.54) is 24.3 Å². The first-order chi connectivity index (χ1) is 19.3. The number of nitrogens with zero attached hydrogens (tertiary/aromatic N) is 1. The molecule has 0 aliphatic carbocycles. The lowest BCUT2D eigenvalue weighted by atomic mass is 9.85. The van der Waals surface area contributed by atoms with Gasteiger partial charge in [0.25, 0.3) is 11.8 Å². The third kappa shape index (κ3) is 6.49. The number of esters is 2. The predicted molar refractivity (Wildman–Crippen MR) is 157 cm³/mol. The number of carbonyl (C=O) groups is 4. The zero-order valence-corrected chi connectivity index (χ0v) is 24.5. The van der Waals surface area contributed by atoms with Crippen molar-refractivity contribution in [3.63, 3.8) is 0 Å².